The van der Waals surface area contributed by atoms with Gasteiger partial charge in [0.25, 0.3) is 5.91 Å². The van der Waals surface area contributed by atoms with Crippen LogP contribution < -0.4 is 15.8 Å². The lowest BCUT2D eigenvalue weighted by Crippen LogP contribution is -2.62. The maximum Gasteiger partial charge on any atom is 0.310 e. The number of nitrogens with one attached hydrogen (secondary N) is 1. The minimum absolute atomic E-state index is 0.00723. The normalized spacial score (nSPS) is 27.3. The van der Waals surface area contributed by atoms with Crippen molar-refractivity contribution in [1.82, 2.24) is 10.4 Å². The van der Waals surface area contributed by atoms with Gasteiger partial charge >= 0.3 is 5.97 Å². The summed E-state index contributed by atoms with van der Waals surface area (Å²) in [5, 5.41) is 4.70. The molecule has 4 fully saturated rings. The Balaban J connectivity index is 1.18. The van der Waals surface area contributed by atoms with Crippen LogP contribution in [0.4, 0.5) is 0 Å². The highest BCUT2D eigenvalue weighted by atomic mass is 16.7. The van der Waals surface area contributed by atoms with Gasteiger partial charge in [-0.2, -0.15) is 5.06 Å². The number of hydroxylamine groups is 2. The van der Waals surface area contributed by atoms with Crippen LogP contribution >= 0.6 is 0 Å². The third-order valence-electron chi connectivity index (χ3n) is 9.89. The second-order valence-electron chi connectivity index (χ2n) is 13.0. The Hall–Kier alpha value is -4.69. The number of epoxide rings is 1. The molecule has 10 nitrogen and oxygen atoms in total. The van der Waals surface area contributed by atoms with Gasteiger partial charge < -0.3 is 25.3 Å². The van der Waals surface area contributed by atoms with Crippen LogP contribution in [-0.2, 0) is 48.1 Å². The molecule has 2 heterocycles. The number of hydrogen-bond donors (Lipinski definition) is 2. The number of carbonyl (C=O) groups is 3. The monoisotopic (exact) mass is 649 g/mol. The Kier molecular flexibility index (Phi) is 8.92. The van der Waals surface area contributed by atoms with Crippen LogP contribution in [-0.4, -0.2) is 66.0 Å². The van der Waals surface area contributed by atoms with Crippen molar-refractivity contribution in [3.8, 4) is 17.6 Å². The van der Waals surface area contributed by atoms with Crippen LogP contribution in [0.1, 0.15) is 47.9 Å². The first kappa shape index (κ1) is 31.9. The number of rotatable bonds is 10. The first-order chi connectivity index (χ1) is 23.3. The van der Waals surface area contributed by atoms with E-state index in [0.717, 1.165) is 41.5 Å². The molecule has 2 saturated carbocycles. The maximum absolute atomic E-state index is 14.2. The molecule has 0 radical (unpaired) electrons. The van der Waals surface area contributed by atoms with Crippen molar-refractivity contribution in [3.63, 3.8) is 0 Å². The van der Waals surface area contributed by atoms with E-state index in [1.54, 1.807) is 36.4 Å². The van der Waals surface area contributed by atoms with Crippen molar-refractivity contribution in [1.29, 1.82) is 0 Å². The Morgan fingerprint density at radius 3 is 2.46 bits per heavy atom. The van der Waals surface area contributed by atoms with E-state index in [4.69, 9.17) is 24.8 Å². The molecule has 0 aromatic heterocycles. The van der Waals surface area contributed by atoms with Crippen LogP contribution in [0.2, 0.25) is 0 Å². The Labute approximate surface area is 279 Å². The van der Waals surface area contributed by atoms with Crippen molar-refractivity contribution >= 4 is 17.8 Å². The average Bonchev–Trinajstić information content (AvgIpc) is 3.76. The number of nitrogens with two attached hydrogens (primary N) is 1. The van der Waals surface area contributed by atoms with Gasteiger partial charge in [0, 0.05) is 24.4 Å². The van der Waals surface area contributed by atoms with Crippen LogP contribution in [0.15, 0.2) is 78.9 Å². The third-order valence-corrected chi connectivity index (χ3v) is 9.89. The van der Waals surface area contributed by atoms with Crippen LogP contribution in [0.5, 0.6) is 5.75 Å². The van der Waals surface area contributed by atoms with Gasteiger partial charge in [0.05, 0.1) is 32.1 Å². The lowest BCUT2D eigenvalue weighted by molar-refractivity contribution is -0.218. The average molecular weight is 650 g/mol. The predicted octanol–water partition coefficient (Wildman–Crippen LogP) is 3.24. The molecule has 2 aliphatic heterocycles. The summed E-state index contributed by atoms with van der Waals surface area (Å²) in [6, 6.07) is 23.9. The molecule has 2 saturated heterocycles. The fraction of sp³-hybridized carbons (Fsp3) is 0.395. The summed E-state index contributed by atoms with van der Waals surface area (Å²) >= 11 is 0. The molecular formula is C38H39N3O7. The largest absolute Gasteiger partial charge is 0.497 e. The summed E-state index contributed by atoms with van der Waals surface area (Å²) in [5.41, 5.74) is 7.97. The van der Waals surface area contributed by atoms with E-state index in [9.17, 15) is 14.4 Å². The standard InChI is InChI=1S/C38H39N3O7/c1-45-29-19-17-25(18-20-29)21-31(42)47-35-32-33(36(43)40-28-15-8-16-28)41(48-38(32,37(39)44)22-30-34(35)46-30)23-27-13-6-5-12-26(27)14-7-11-24-9-3-2-4-10-24/h2-6,9-10,12-13,17-20,28,30,32-35H,8,11,15-16,21-23H2,1H3,(H2,39,44)(H,40,43)/t30?,32?,33?,34?,35?,38-/m0/s1. The number of benzene rings is 3. The number of carbonyl (C=O) groups excluding carboxylic acids is 3. The van der Waals surface area contributed by atoms with Gasteiger partial charge in [-0.15, -0.1) is 0 Å². The topological polar surface area (TPSA) is 133 Å². The molecule has 248 valence electrons. The first-order valence-electron chi connectivity index (χ1n) is 16.5. The van der Waals surface area contributed by atoms with Gasteiger partial charge in [0.2, 0.25) is 5.91 Å². The lowest BCUT2D eigenvalue weighted by atomic mass is 9.70. The third kappa shape index (κ3) is 6.41. The highest BCUT2D eigenvalue weighted by Crippen LogP contribution is 2.54. The van der Waals surface area contributed by atoms with Crippen molar-refractivity contribution in [2.45, 2.75) is 81.1 Å². The van der Waals surface area contributed by atoms with Gasteiger partial charge in [-0.05, 0) is 54.2 Å². The molecule has 7 rings (SSSR count). The second kappa shape index (κ2) is 13.4. The first-order valence-corrected chi connectivity index (χ1v) is 16.5. The summed E-state index contributed by atoms with van der Waals surface area (Å²) < 4.78 is 17.3. The van der Waals surface area contributed by atoms with Crippen molar-refractivity contribution in [3.05, 3.63) is 101 Å². The lowest BCUT2D eigenvalue weighted by Gasteiger charge is -2.38. The Bertz CT molecular complexity index is 1730. The molecular weight excluding hydrogens is 610 g/mol. The Morgan fingerprint density at radius 2 is 1.75 bits per heavy atom. The molecule has 48 heavy (non-hydrogen) atoms. The van der Waals surface area contributed by atoms with Crippen molar-refractivity contribution in [2.75, 3.05) is 7.11 Å². The molecule has 6 atom stereocenters. The molecule has 2 aliphatic carbocycles. The SMILES string of the molecule is COc1ccc(CC(=O)OC2C3OC3C[C@]3(C(N)=O)ON(Cc4ccccc4C#CCc4ccccc4)C(C(=O)NC4CCC4)C23)cc1. The van der Waals surface area contributed by atoms with Crippen molar-refractivity contribution in [2.24, 2.45) is 11.7 Å². The van der Waals surface area contributed by atoms with Gasteiger partial charge in [-0.25, -0.2) is 0 Å². The minimum atomic E-state index is -1.61. The highest BCUT2D eigenvalue weighted by molar-refractivity contribution is 5.89. The molecule has 4 aliphatic rings. The zero-order chi connectivity index (χ0) is 33.3. The number of hydrogen-bond acceptors (Lipinski definition) is 8. The number of esters is 1. The fourth-order valence-corrected chi connectivity index (χ4v) is 7.10. The maximum atomic E-state index is 14.2. The molecule has 3 N–H and O–H groups in total. The summed E-state index contributed by atoms with van der Waals surface area (Å²) in [7, 11) is 1.58. The summed E-state index contributed by atoms with van der Waals surface area (Å²) in [6.07, 6.45) is 1.73. The Morgan fingerprint density at radius 1 is 1.00 bits per heavy atom. The van der Waals surface area contributed by atoms with Crippen molar-refractivity contribution < 1.29 is 33.4 Å². The van der Waals surface area contributed by atoms with E-state index < -0.39 is 41.6 Å². The molecule has 5 unspecified atom stereocenters. The molecule has 10 heteroatoms. The van der Waals surface area contributed by atoms with E-state index >= 15 is 0 Å². The molecule has 0 bridgehead atoms. The zero-order valence-electron chi connectivity index (χ0n) is 26.8. The second-order valence-corrected chi connectivity index (χ2v) is 13.0. The minimum Gasteiger partial charge on any atom is -0.497 e. The summed E-state index contributed by atoms with van der Waals surface area (Å²) in [5.74, 6) is 4.80. The summed E-state index contributed by atoms with van der Waals surface area (Å²) in [6.45, 7) is 0.160. The van der Waals surface area contributed by atoms with E-state index in [1.165, 1.54) is 0 Å². The van der Waals surface area contributed by atoms with E-state index in [1.807, 2.05) is 54.6 Å². The number of ether oxygens (including phenoxy) is 3. The van der Waals surface area contributed by atoms with E-state index in [-0.39, 0.29) is 37.4 Å². The van der Waals surface area contributed by atoms with E-state index in [2.05, 4.69) is 17.2 Å². The molecule has 3 aromatic rings. The number of primary amides is 1. The fourth-order valence-electron chi connectivity index (χ4n) is 7.10. The van der Waals surface area contributed by atoms with Crippen LogP contribution in [0.25, 0.3) is 0 Å². The molecule has 0 spiro atoms. The quantitative estimate of drug-likeness (QED) is 0.194. The number of methoxy groups -OCH3 is 1. The van der Waals surface area contributed by atoms with Crippen LogP contribution in [0, 0.1) is 17.8 Å². The zero-order valence-corrected chi connectivity index (χ0v) is 26.8. The summed E-state index contributed by atoms with van der Waals surface area (Å²) in [4.78, 5) is 47.5. The smallest absolute Gasteiger partial charge is 0.310 e. The number of amides is 2. The van der Waals surface area contributed by atoms with Crippen LogP contribution in [0.3, 0.4) is 0 Å². The predicted molar refractivity (Wildman–Crippen MR) is 175 cm³/mol. The van der Waals surface area contributed by atoms with Gasteiger partial charge in [-0.1, -0.05) is 72.5 Å². The molecule has 3 aromatic carbocycles. The molecule has 2 amide bonds. The van der Waals surface area contributed by atoms with Gasteiger partial charge in [-0.3, -0.25) is 19.2 Å². The van der Waals surface area contributed by atoms with Gasteiger partial charge in [0.15, 0.2) is 5.60 Å². The van der Waals surface area contributed by atoms with Gasteiger partial charge in [0.1, 0.15) is 24.0 Å². The number of fused-ring (bicyclic) bond motifs is 2. The highest BCUT2D eigenvalue weighted by Gasteiger charge is 2.73. The number of nitrogens with zero attached hydrogens (tertiary/aromatic N) is 1. The van der Waals surface area contributed by atoms with E-state index in [0.29, 0.717) is 12.2 Å².